The van der Waals surface area contributed by atoms with Crippen LogP contribution in [0.3, 0.4) is 0 Å². The molecule has 2 rings (SSSR count). The zero-order valence-electron chi connectivity index (χ0n) is 12.4. The van der Waals surface area contributed by atoms with Gasteiger partial charge in [-0.15, -0.1) is 0 Å². The highest BCUT2D eigenvalue weighted by molar-refractivity contribution is 5.14. The average Bonchev–Trinajstić information content (AvgIpc) is 2.49. The molecular formula is C18H29N. The first-order chi connectivity index (χ1) is 9.40. The van der Waals surface area contributed by atoms with Gasteiger partial charge in [0.25, 0.3) is 0 Å². The highest BCUT2D eigenvalue weighted by atomic mass is 14.9. The maximum absolute atomic E-state index is 3.84. The van der Waals surface area contributed by atoms with Gasteiger partial charge in [0.2, 0.25) is 0 Å². The number of hydrogen-bond donors (Lipinski definition) is 1. The molecule has 1 unspecified atom stereocenters. The van der Waals surface area contributed by atoms with Crippen LogP contribution in [0, 0.1) is 5.92 Å². The van der Waals surface area contributed by atoms with Crippen LogP contribution in [0.2, 0.25) is 0 Å². The summed E-state index contributed by atoms with van der Waals surface area (Å²) < 4.78 is 0. The Labute approximate surface area is 118 Å². The molecule has 1 fully saturated rings. The summed E-state index contributed by atoms with van der Waals surface area (Å²) in [5, 5.41) is 3.84. The second kappa shape index (κ2) is 8.37. The molecule has 0 aromatic heterocycles. The lowest BCUT2D eigenvalue weighted by atomic mass is 9.82. The Morgan fingerprint density at radius 1 is 1.11 bits per heavy atom. The lowest BCUT2D eigenvalue weighted by Gasteiger charge is -2.31. The number of rotatable bonds is 7. The molecule has 106 valence electrons. The fraction of sp³-hybridized carbons (Fsp3) is 0.667. The third-order valence-corrected chi connectivity index (χ3v) is 4.50. The van der Waals surface area contributed by atoms with Gasteiger partial charge in [-0.2, -0.15) is 0 Å². The van der Waals surface area contributed by atoms with E-state index in [4.69, 9.17) is 0 Å². The van der Waals surface area contributed by atoms with E-state index in [1.807, 2.05) is 0 Å². The van der Waals surface area contributed by atoms with Crippen LogP contribution >= 0.6 is 0 Å². The first-order valence-electron chi connectivity index (χ1n) is 8.17. The van der Waals surface area contributed by atoms with E-state index in [-0.39, 0.29) is 0 Å². The van der Waals surface area contributed by atoms with Gasteiger partial charge in [-0.05, 0) is 30.7 Å². The summed E-state index contributed by atoms with van der Waals surface area (Å²) in [5.41, 5.74) is 1.42. The molecule has 1 aliphatic carbocycles. The van der Waals surface area contributed by atoms with E-state index in [1.54, 1.807) is 0 Å². The Hall–Kier alpha value is -0.820. The highest BCUT2D eigenvalue weighted by Gasteiger charge is 2.22. The van der Waals surface area contributed by atoms with Gasteiger partial charge in [0, 0.05) is 12.6 Å². The van der Waals surface area contributed by atoms with Crippen LogP contribution in [-0.4, -0.2) is 6.04 Å². The lowest BCUT2D eigenvalue weighted by molar-refractivity contribution is 0.253. The zero-order valence-corrected chi connectivity index (χ0v) is 12.4. The minimum Gasteiger partial charge on any atom is -0.310 e. The molecule has 0 amide bonds. The molecule has 1 aromatic carbocycles. The van der Waals surface area contributed by atoms with Crippen molar-refractivity contribution in [1.82, 2.24) is 5.32 Å². The molecule has 1 heteroatoms. The van der Waals surface area contributed by atoms with Gasteiger partial charge in [-0.25, -0.2) is 0 Å². The summed E-state index contributed by atoms with van der Waals surface area (Å²) in [6.45, 7) is 3.33. The van der Waals surface area contributed by atoms with Crippen molar-refractivity contribution in [2.24, 2.45) is 5.92 Å². The fourth-order valence-electron chi connectivity index (χ4n) is 3.31. The van der Waals surface area contributed by atoms with E-state index in [2.05, 4.69) is 42.6 Å². The molecule has 0 saturated heterocycles. The second-order valence-electron chi connectivity index (χ2n) is 6.01. The summed E-state index contributed by atoms with van der Waals surface area (Å²) in [5.74, 6) is 0.920. The second-order valence-corrected chi connectivity index (χ2v) is 6.01. The van der Waals surface area contributed by atoms with Crippen LogP contribution in [-0.2, 0) is 6.54 Å². The normalized spacial score (nSPS) is 18.4. The quantitative estimate of drug-likeness (QED) is 0.733. The predicted octanol–water partition coefficient (Wildman–Crippen LogP) is 4.92. The van der Waals surface area contributed by atoms with Crippen molar-refractivity contribution in [2.45, 2.75) is 70.9 Å². The van der Waals surface area contributed by atoms with Crippen LogP contribution in [0.4, 0.5) is 0 Å². The molecule has 19 heavy (non-hydrogen) atoms. The van der Waals surface area contributed by atoms with E-state index in [1.165, 1.54) is 56.9 Å². The Morgan fingerprint density at radius 2 is 1.84 bits per heavy atom. The average molecular weight is 259 g/mol. The maximum atomic E-state index is 3.84. The van der Waals surface area contributed by atoms with Crippen molar-refractivity contribution in [2.75, 3.05) is 0 Å². The number of hydrogen-bond acceptors (Lipinski definition) is 1. The lowest BCUT2D eigenvalue weighted by Crippen LogP contribution is -2.36. The first kappa shape index (κ1) is 14.6. The van der Waals surface area contributed by atoms with E-state index < -0.39 is 0 Å². The Kier molecular flexibility index (Phi) is 6.43. The minimum atomic E-state index is 0.737. The molecular weight excluding hydrogens is 230 g/mol. The van der Waals surface area contributed by atoms with Gasteiger partial charge in [0.1, 0.15) is 0 Å². The summed E-state index contributed by atoms with van der Waals surface area (Å²) in [6, 6.07) is 11.6. The number of unbranched alkanes of at least 4 members (excludes halogenated alkanes) is 1. The smallest absolute Gasteiger partial charge is 0.0208 e. The molecule has 1 saturated carbocycles. The van der Waals surface area contributed by atoms with Crippen molar-refractivity contribution >= 4 is 0 Å². The Balaban J connectivity index is 1.85. The molecule has 0 spiro atoms. The molecule has 1 nitrogen and oxygen atoms in total. The fourth-order valence-corrected chi connectivity index (χ4v) is 3.31. The SMILES string of the molecule is CCCCC(NCc1ccccc1)C1CCCCC1. The molecule has 1 atom stereocenters. The van der Waals surface area contributed by atoms with Crippen molar-refractivity contribution in [3.8, 4) is 0 Å². The van der Waals surface area contributed by atoms with E-state index in [0.29, 0.717) is 0 Å². The molecule has 1 aliphatic rings. The highest BCUT2D eigenvalue weighted by Crippen LogP contribution is 2.28. The summed E-state index contributed by atoms with van der Waals surface area (Å²) in [7, 11) is 0. The largest absolute Gasteiger partial charge is 0.310 e. The van der Waals surface area contributed by atoms with Gasteiger partial charge >= 0.3 is 0 Å². The van der Waals surface area contributed by atoms with Crippen LogP contribution in [0.25, 0.3) is 0 Å². The minimum absolute atomic E-state index is 0.737. The molecule has 1 aromatic rings. The van der Waals surface area contributed by atoms with E-state index >= 15 is 0 Å². The van der Waals surface area contributed by atoms with Crippen molar-refractivity contribution in [1.29, 1.82) is 0 Å². The van der Waals surface area contributed by atoms with Crippen molar-refractivity contribution < 1.29 is 0 Å². The molecule has 1 N–H and O–H groups in total. The van der Waals surface area contributed by atoms with Gasteiger partial charge in [0.15, 0.2) is 0 Å². The molecule has 0 bridgehead atoms. The monoisotopic (exact) mass is 259 g/mol. The first-order valence-corrected chi connectivity index (χ1v) is 8.17. The Morgan fingerprint density at radius 3 is 2.53 bits per heavy atom. The zero-order chi connectivity index (χ0) is 13.3. The van der Waals surface area contributed by atoms with Gasteiger partial charge < -0.3 is 5.32 Å². The maximum Gasteiger partial charge on any atom is 0.0208 e. The van der Waals surface area contributed by atoms with Crippen LogP contribution in [0.15, 0.2) is 30.3 Å². The van der Waals surface area contributed by atoms with Crippen LogP contribution < -0.4 is 5.32 Å². The summed E-state index contributed by atoms with van der Waals surface area (Å²) in [4.78, 5) is 0. The van der Waals surface area contributed by atoms with Crippen molar-refractivity contribution in [3.63, 3.8) is 0 Å². The van der Waals surface area contributed by atoms with E-state index in [0.717, 1.165) is 18.5 Å². The van der Waals surface area contributed by atoms with Gasteiger partial charge in [0.05, 0.1) is 0 Å². The van der Waals surface area contributed by atoms with Gasteiger partial charge in [-0.1, -0.05) is 69.4 Å². The summed E-state index contributed by atoms with van der Waals surface area (Å²) in [6.07, 6.45) is 11.3. The standard InChI is InChI=1S/C18H29N/c1-2-3-14-18(17-12-8-5-9-13-17)19-15-16-10-6-4-7-11-16/h4,6-7,10-11,17-19H,2-3,5,8-9,12-15H2,1H3. The topological polar surface area (TPSA) is 12.0 Å². The molecule has 0 heterocycles. The van der Waals surface area contributed by atoms with Gasteiger partial charge in [-0.3, -0.25) is 0 Å². The van der Waals surface area contributed by atoms with E-state index in [9.17, 15) is 0 Å². The summed E-state index contributed by atoms with van der Waals surface area (Å²) >= 11 is 0. The number of nitrogens with one attached hydrogen (secondary N) is 1. The third kappa shape index (κ3) is 4.99. The predicted molar refractivity (Wildman–Crippen MR) is 83.2 cm³/mol. The Bertz CT molecular complexity index is 327. The van der Waals surface area contributed by atoms with Crippen LogP contribution in [0.5, 0.6) is 0 Å². The van der Waals surface area contributed by atoms with Crippen molar-refractivity contribution in [3.05, 3.63) is 35.9 Å². The molecule has 0 aliphatic heterocycles. The number of benzene rings is 1. The van der Waals surface area contributed by atoms with Crippen LogP contribution in [0.1, 0.15) is 63.9 Å². The third-order valence-electron chi connectivity index (χ3n) is 4.50. The molecule has 0 radical (unpaired) electrons.